The molecule has 1 aliphatic rings. The van der Waals surface area contributed by atoms with E-state index in [2.05, 4.69) is 28.5 Å². The van der Waals surface area contributed by atoms with Crippen LogP contribution in [0.15, 0.2) is 24.4 Å². The molecule has 0 bridgehead atoms. The molecule has 0 spiro atoms. The quantitative estimate of drug-likeness (QED) is 0.879. The molecule has 4 heteroatoms. The molecule has 4 nitrogen and oxygen atoms in total. The zero-order chi connectivity index (χ0) is 13.8. The molecular weight excluding hydrogens is 250 g/mol. The van der Waals surface area contributed by atoms with Crippen LogP contribution in [0, 0.1) is 0 Å². The van der Waals surface area contributed by atoms with Gasteiger partial charge in [-0.1, -0.05) is 6.92 Å². The summed E-state index contributed by atoms with van der Waals surface area (Å²) in [7, 11) is 0. The van der Waals surface area contributed by atoms with Crippen molar-refractivity contribution in [1.82, 2.24) is 15.5 Å². The van der Waals surface area contributed by atoms with E-state index in [1.54, 1.807) is 0 Å². The van der Waals surface area contributed by atoms with E-state index in [1.807, 2.05) is 18.3 Å². The third-order valence-electron chi connectivity index (χ3n) is 4.02. The van der Waals surface area contributed by atoms with Gasteiger partial charge in [0.15, 0.2) is 0 Å². The minimum Gasteiger partial charge on any atom is -0.490 e. The first-order valence-electron chi connectivity index (χ1n) is 7.68. The summed E-state index contributed by atoms with van der Waals surface area (Å²) in [6.45, 7) is 3.32. The largest absolute Gasteiger partial charge is 0.490 e. The van der Waals surface area contributed by atoms with E-state index in [-0.39, 0.29) is 0 Å². The average Bonchev–Trinajstić information content (AvgIpc) is 2.93. The predicted octanol–water partition coefficient (Wildman–Crippen LogP) is 3.25. The number of fused-ring (bicyclic) bond motifs is 1. The number of aromatic amines is 1. The number of aromatic nitrogens is 2. The minimum absolute atomic E-state index is 0.336. The number of hydrogen-bond donors (Lipinski definition) is 2. The maximum atomic E-state index is 6.16. The normalized spacial score (nSPS) is 23.1. The smallest absolute Gasteiger partial charge is 0.120 e. The maximum Gasteiger partial charge on any atom is 0.120 e. The van der Waals surface area contributed by atoms with Gasteiger partial charge in [0.25, 0.3) is 0 Å². The summed E-state index contributed by atoms with van der Waals surface area (Å²) in [5.74, 6) is 0.958. The Hall–Kier alpha value is -1.55. The molecule has 1 saturated carbocycles. The number of hydrogen-bond acceptors (Lipinski definition) is 3. The lowest BCUT2D eigenvalue weighted by atomic mass is 9.92. The van der Waals surface area contributed by atoms with Crippen LogP contribution in [0.25, 0.3) is 10.9 Å². The number of nitrogens with one attached hydrogen (secondary N) is 2. The molecule has 1 heterocycles. The van der Waals surface area contributed by atoms with E-state index in [0.29, 0.717) is 12.1 Å². The summed E-state index contributed by atoms with van der Waals surface area (Å²) in [4.78, 5) is 0. The fraction of sp³-hybridized carbons (Fsp3) is 0.562. The summed E-state index contributed by atoms with van der Waals surface area (Å²) in [5, 5.41) is 11.7. The molecule has 1 aromatic carbocycles. The SMILES string of the molecule is CCCN[C@H]1CCC[C@H](Oc2ccc3[nH]ncc3c2)C1. The lowest BCUT2D eigenvalue weighted by Gasteiger charge is -2.30. The van der Waals surface area contributed by atoms with Gasteiger partial charge in [-0.15, -0.1) is 0 Å². The number of nitrogens with zero attached hydrogens (tertiary/aromatic N) is 1. The molecule has 0 aliphatic heterocycles. The summed E-state index contributed by atoms with van der Waals surface area (Å²) in [5.41, 5.74) is 1.06. The second-order valence-electron chi connectivity index (χ2n) is 5.68. The van der Waals surface area contributed by atoms with E-state index in [1.165, 1.54) is 19.3 Å². The Labute approximate surface area is 119 Å². The van der Waals surface area contributed by atoms with Crippen molar-refractivity contribution < 1.29 is 4.74 Å². The Balaban J connectivity index is 1.61. The van der Waals surface area contributed by atoms with Gasteiger partial charge in [-0.2, -0.15) is 5.10 Å². The summed E-state index contributed by atoms with van der Waals surface area (Å²) < 4.78 is 6.16. The molecule has 0 unspecified atom stereocenters. The molecule has 1 aliphatic carbocycles. The Morgan fingerprint density at radius 3 is 3.25 bits per heavy atom. The van der Waals surface area contributed by atoms with Gasteiger partial charge in [-0.05, 0) is 56.8 Å². The number of H-pyrrole nitrogens is 1. The van der Waals surface area contributed by atoms with Crippen LogP contribution in [0.2, 0.25) is 0 Å². The minimum atomic E-state index is 0.336. The molecule has 3 rings (SSSR count). The molecule has 2 N–H and O–H groups in total. The Morgan fingerprint density at radius 2 is 2.35 bits per heavy atom. The second kappa shape index (κ2) is 6.27. The first kappa shape index (κ1) is 13.4. The zero-order valence-corrected chi connectivity index (χ0v) is 12.1. The van der Waals surface area contributed by atoms with Gasteiger partial charge >= 0.3 is 0 Å². The second-order valence-corrected chi connectivity index (χ2v) is 5.68. The summed E-state index contributed by atoms with van der Waals surface area (Å²) in [6, 6.07) is 6.75. The van der Waals surface area contributed by atoms with Crippen molar-refractivity contribution in [2.75, 3.05) is 6.54 Å². The third kappa shape index (κ3) is 3.12. The molecule has 0 amide bonds. The van der Waals surface area contributed by atoms with Crippen molar-refractivity contribution in [2.24, 2.45) is 0 Å². The van der Waals surface area contributed by atoms with Gasteiger partial charge in [0.05, 0.1) is 11.7 Å². The van der Waals surface area contributed by atoms with Gasteiger partial charge in [0, 0.05) is 11.4 Å². The van der Waals surface area contributed by atoms with Crippen LogP contribution in [0.4, 0.5) is 0 Å². The Bertz CT molecular complexity index is 551. The summed E-state index contributed by atoms with van der Waals surface area (Å²) in [6.07, 6.45) is 8.17. The zero-order valence-electron chi connectivity index (χ0n) is 12.1. The van der Waals surface area contributed by atoms with E-state index in [9.17, 15) is 0 Å². The molecular formula is C16H23N3O. The van der Waals surface area contributed by atoms with Crippen molar-refractivity contribution >= 4 is 10.9 Å². The van der Waals surface area contributed by atoms with Crippen LogP contribution in [-0.2, 0) is 0 Å². The number of ether oxygens (including phenoxy) is 1. The Morgan fingerprint density at radius 1 is 1.40 bits per heavy atom. The highest BCUT2D eigenvalue weighted by atomic mass is 16.5. The summed E-state index contributed by atoms with van der Waals surface area (Å²) >= 11 is 0. The highest BCUT2D eigenvalue weighted by molar-refractivity contribution is 5.79. The number of benzene rings is 1. The van der Waals surface area contributed by atoms with E-state index < -0.39 is 0 Å². The molecule has 0 radical (unpaired) electrons. The highest BCUT2D eigenvalue weighted by Crippen LogP contribution is 2.26. The van der Waals surface area contributed by atoms with Crippen molar-refractivity contribution in [3.63, 3.8) is 0 Å². The van der Waals surface area contributed by atoms with Gasteiger partial charge in [-0.25, -0.2) is 0 Å². The lowest BCUT2D eigenvalue weighted by molar-refractivity contribution is 0.135. The standard InChI is InChI=1S/C16H23N3O/c1-2-8-17-13-4-3-5-14(10-13)20-15-6-7-16-12(9-15)11-18-19-16/h6-7,9,11,13-14,17H,2-5,8,10H2,1H3,(H,18,19)/t13-,14-/m0/s1. The lowest BCUT2D eigenvalue weighted by Crippen LogP contribution is -2.38. The van der Waals surface area contributed by atoms with E-state index >= 15 is 0 Å². The van der Waals surface area contributed by atoms with Gasteiger partial charge in [0.2, 0.25) is 0 Å². The number of rotatable bonds is 5. The molecule has 2 atom stereocenters. The Kier molecular flexibility index (Phi) is 4.21. The molecule has 1 aromatic heterocycles. The highest BCUT2D eigenvalue weighted by Gasteiger charge is 2.22. The first-order chi connectivity index (χ1) is 9.85. The maximum absolute atomic E-state index is 6.16. The topological polar surface area (TPSA) is 49.9 Å². The van der Waals surface area contributed by atoms with Crippen LogP contribution in [0.3, 0.4) is 0 Å². The van der Waals surface area contributed by atoms with Gasteiger partial charge < -0.3 is 10.1 Å². The van der Waals surface area contributed by atoms with E-state index in [4.69, 9.17) is 4.74 Å². The average molecular weight is 273 g/mol. The van der Waals surface area contributed by atoms with Crippen LogP contribution >= 0.6 is 0 Å². The van der Waals surface area contributed by atoms with Crippen LogP contribution in [-0.4, -0.2) is 28.9 Å². The third-order valence-corrected chi connectivity index (χ3v) is 4.02. The molecule has 20 heavy (non-hydrogen) atoms. The van der Waals surface area contributed by atoms with Crippen molar-refractivity contribution in [2.45, 2.75) is 51.2 Å². The van der Waals surface area contributed by atoms with E-state index in [0.717, 1.165) is 36.0 Å². The van der Waals surface area contributed by atoms with Crippen LogP contribution < -0.4 is 10.1 Å². The van der Waals surface area contributed by atoms with Crippen molar-refractivity contribution in [1.29, 1.82) is 0 Å². The van der Waals surface area contributed by atoms with Crippen LogP contribution in [0.1, 0.15) is 39.0 Å². The van der Waals surface area contributed by atoms with Gasteiger partial charge in [0.1, 0.15) is 11.9 Å². The predicted molar refractivity (Wildman–Crippen MR) is 81.1 cm³/mol. The van der Waals surface area contributed by atoms with Crippen LogP contribution in [0.5, 0.6) is 5.75 Å². The molecule has 0 saturated heterocycles. The molecule has 1 fully saturated rings. The fourth-order valence-electron chi connectivity index (χ4n) is 2.97. The monoisotopic (exact) mass is 273 g/mol. The van der Waals surface area contributed by atoms with Crippen molar-refractivity contribution in [3.05, 3.63) is 24.4 Å². The molecule has 2 aromatic rings. The first-order valence-corrected chi connectivity index (χ1v) is 7.68. The van der Waals surface area contributed by atoms with Gasteiger partial charge in [-0.3, -0.25) is 5.10 Å². The molecule has 108 valence electrons. The van der Waals surface area contributed by atoms with Crippen molar-refractivity contribution in [3.8, 4) is 5.75 Å². The fourth-order valence-corrected chi connectivity index (χ4v) is 2.97.